The zero-order valence-corrected chi connectivity index (χ0v) is 24.0. The van der Waals surface area contributed by atoms with Crippen molar-refractivity contribution in [3.05, 3.63) is 72.2 Å². The van der Waals surface area contributed by atoms with Crippen molar-refractivity contribution in [2.24, 2.45) is 4.99 Å². The lowest BCUT2D eigenvalue weighted by Gasteiger charge is -2.28. The molecule has 7 heteroatoms. The zero-order chi connectivity index (χ0) is 28.1. The van der Waals surface area contributed by atoms with Gasteiger partial charge in [0.05, 0.1) is 23.1 Å². The van der Waals surface area contributed by atoms with E-state index in [4.69, 9.17) is 14.7 Å². The van der Waals surface area contributed by atoms with Crippen LogP contribution in [0.1, 0.15) is 70.3 Å². The molecule has 2 fully saturated rings. The van der Waals surface area contributed by atoms with Crippen LogP contribution >= 0.6 is 0 Å². The molecular weight excluding hydrogens is 510 g/mol. The average molecular weight is 548 g/mol. The molecule has 4 aromatic rings. The summed E-state index contributed by atoms with van der Waals surface area (Å²) in [6.45, 7) is 7.51. The Hall–Kier alpha value is -3.97. The number of hydrogen-bond donors (Lipinski definition) is 2. The summed E-state index contributed by atoms with van der Waals surface area (Å²) in [5.74, 6) is 1.04. The van der Waals surface area contributed by atoms with E-state index in [-0.39, 0.29) is 12.1 Å². The molecule has 7 nitrogen and oxygen atoms in total. The van der Waals surface area contributed by atoms with E-state index < -0.39 is 5.60 Å². The normalized spacial score (nSPS) is 21.1. The van der Waals surface area contributed by atoms with E-state index in [0.29, 0.717) is 6.04 Å². The fourth-order valence-corrected chi connectivity index (χ4v) is 6.40. The number of allylic oxidation sites excluding steroid dienone is 1. The van der Waals surface area contributed by atoms with Crippen LogP contribution in [0.3, 0.4) is 0 Å². The Morgan fingerprint density at radius 2 is 1.71 bits per heavy atom. The molecule has 3 aliphatic heterocycles. The third-order valence-corrected chi connectivity index (χ3v) is 8.46. The number of fused-ring (bicyclic) bond motifs is 2. The molecule has 0 unspecified atom stereocenters. The Bertz CT molecular complexity index is 1700. The van der Waals surface area contributed by atoms with Gasteiger partial charge in [-0.05, 0) is 110 Å². The van der Waals surface area contributed by atoms with E-state index in [1.54, 1.807) is 0 Å². The zero-order valence-electron chi connectivity index (χ0n) is 24.0. The Morgan fingerprint density at radius 1 is 0.951 bits per heavy atom. The van der Waals surface area contributed by atoms with Crippen molar-refractivity contribution >= 4 is 39.2 Å². The van der Waals surface area contributed by atoms with Gasteiger partial charge in [0.2, 0.25) is 0 Å². The summed E-state index contributed by atoms with van der Waals surface area (Å²) >= 11 is 0. The highest BCUT2D eigenvalue weighted by Gasteiger charge is 2.36. The van der Waals surface area contributed by atoms with Crippen LogP contribution in [0, 0.1) is 0 Å². The van der Waals surface area contributed by atoms with Gasteiger partial charge in [-0.2, -0.15) is 0 Å². The molecule has 0 aliphatic carbocycles. The minimum atomic E-state index is -0.502. The summed E-state index contributed by atoms with van der Waals surface area (Å²) in [6.07, 6.45) is 6.74. The van der Waals surface area contributed by atoms with Crippen molar-refractivity contribution in [3.63, 3.8) is 0 Å². The standard InChI is InChI=1S/C34H37N5O2/c1-34(2,3)41-33(40)39-15-5-7-31(39)30-19-26(20-36-30)24-11-10-21-16-23(9-8-22(21)17-24)25-12-13-27-29(18-25)38-32(37-27)28-6-4-14-35-28/h8-13,16-18,20,28,31,35H,4-7,14-15,19H2,1-3H3,(H,37,38)/t28-,31-/m0/s1. The number of carbonyl (C=O) groups excluding carboxylic acids is 1. The number of amides is 1. The van der Waals surface area contributed by atoms with Crippen LogP contribution in [0.4, 0.5) is 4.79 Å². The summed E-state index contributed by atoms with van der Waals surface area (Å²) in [5, 5.41) is 5.94. The lowest BCUT2D eigenvalue weighted by molar-refractivity contribution is 0.0265. The molecule has 210 valence electrons. The molecule has 4 heterocycles. The van der Waals surface area contributed by atoms with Crippen LogP contribution in [0.25, 0.3) is 38.5 Å². The molecule has 0 radical (unpaired) electrons. The second-order valence-electron chi connectivity index (χ2n) is 12.6. The van der Waals surface area contributed by atoms with Crippen LogP contribution in [0.15, 0.2) is 65.8 Å². The number of H-pyrrole nitrogens is 1. The highest BCUT2D eigenvalue weighted by molar-refractivity contribution is 6.03. The Balaban J connectivity index is 1.07. The van der Waals surface area contributed by atoms with Gasteiger partial charge in [-0.3, -0.25) is 9.89 Å². The number of ether oxygens (including phenoxy) is 1. The number of likely N-dealkylation sites (tertiary alicyclic amines) is 1. The molecule has 7 rings (SSSR count). The minimum Gasteiger partial charge on any atom is -0.444 e. The van der Waals surface area contributed by atoms with Gasteiger partial charge in [0.15, 0.2) is 0 Å². The topological polar surface area (TPSA) is 82.6 Å². The lowest BCUT2D eigenvalue weighted by atomic mass is 9.95. The Labute approximate surface area is 240 Å². The van der Waals surface area contributed by atoms with Crippen molar-refractivity contribution in [2.45, 2.75) is 70.6 Å². The summed E-state index contributed by atoms with van der Waals surface area (Å²) in [4.78, 5) is 27.8. The van der Waals surface area contributed by atoms with E-state index in [2.05, 4.69) is 64.9 Å². The quantitative estimate of drug-likeness (QED) is 0.279. The van der Waals surface area contributed by atoms with Gasteiger partial charge in [-0.15, -0.1) is 0 Å². The molecular formula is C34H37N5O2. The highest BCUT2D eigenvalue weighted by atomic mass is 16.6. The summed E-state index contributed by atoms with van der Waals surface area (Å²) in [7, 11) is 0. The smallest absolute Gasteiger partial charge is 0.410 e. The number of nitrogens with one attached hydrogen (secondary N) is 2. The fraction of sp³-hybridized carbons (Fsp3) is 0.382. The molecule has 0 spiro atoms. The number of nitrogens with zero attached hydrogens (tertiary/aromatic N) is 3. The van der Waals surface area contributed by atoms with Crippen LogP contribution in [-0.2, 0) is 4.74 Å². The predicted octanol–water partition coefficient (Wildman–Crippen LogP) is 7.39. The average Bonchev–Trinajstić information content (AvgIpc) is 3.77. The number of benzene rings is 3. The molecule has 1 amide bonds. The maximum atomic E-state index is 12.8. The molecule has 41 heavy (non-hydrogen) atoms. The number of aromatic amines is 1. The van der Waals surface area contributed by atoms with Crippen LogP contribution < -0.4 is 5.32 Å². The molecule has 2 saturated heterocycles. The van der Waals surface area contributed by atoms with Crippen molar-refractivity contribution in [3.8, 4) is 11.1 Å². The van der Waals surface area contributed by atoms with E-state index in [0.717, 1.165) is 61.3 Å². The van der Waals surface area contributed by atoms with Crippen molar-refractivity contribution in [2.75, 3.05) is 13.1 Å². The first-order valence-electron chi connectivity index (χ1n) is 14.8. The monoisotopic (exact) mass is 547 g/mol. The molecule has 2 N–H and O–H groups in total. The lowest BCUT2D eigenvalue weighted by Crippen LogP contribution is -2.43. The first kappa shape index (κ1) is 26.0. The second-order valence-corrected chi connectivity index (χ2v) is 12.6. The number of aromatic nitrogens is 2. The van der Waals surface area contributed by atoms with Crippen LogP contribution in [-0.4, -0.2) is 51.4 Å². The van der Waals surface area contributed by atoms with Crippen molar-refractivity contribution in [1.82, 2.24) is 20.2 Å². The third kappa shape index (κ3) is 5.15. The molecule has 2 atom stereocenters. The Morgan fingerprint density at radius 3 is 2.49 bits per heavy atom. The van der Waals surface area contributed by atoms with E-state index in [1.807, 2.05) is 31.9 Å². The van der Waals surface area contributed by atoms with Crippen molar-refractivity contribution < 1.29 is 9.53 Å². The number of aliphatic imine (C=N–C) groups is 1. The first-order valence-corrected chi connectivity index (χ1v) is 14.8. The van der Waals surface area contributed by atoms with Gasteiger partial charge in [0.25, 0.3) is 0 Å². The second kappa shape index (κ2) is 10.1. The van der Waals surface area contributed by atoms with Gasteiger partial charge in [0.1, 0.15) is 11.4 Å². The fourth-order valence-electron chi connectivity index (χ4n) is 6.40. The van der Waals surface area contributed by atoms with Gasteiger partial charge >= 0.3 is 6.09 Å². The van der Waals surface area contributed by atoms with Crippen LogP contribution in [0.2, 0.25) is 0 Å². The first-order chi connectivity index (χ1) is 19.8. The largest absolute Gasteiger partial charge is 0.444 e. The summed E-state index contributed by atoms with van der Waals surface area (Å²) in [6, 6.07) is 20.1. The SMILES string of the molecule is CC(C)(C)OC(=O)N1CCC[C@H]1C1=NC=C(c2ccc3cc(-c4ccc5nc([C@@H]6CCCN6)[nH]c5c4)ccc3c2)C1. The van der Waals surface area contributed by atoms with Gasteiger partial charge in [0, 0.05) is 24.9 Å². The number of rotatable bonds is 4. The van der Waals surface area contributed by atoms with Gasteiger partial charge in [-0.1, -0.05) is 30.3 Å². The molecule has 0 bridgehead atoms. The highest BCUT2D eigenvalue weighted by Crippen LogP contribution is 2.34. The van der Waals surface area contributed by atoms with Gasteiger partial charge in [-0.25, -0.2) is 9.78 Å². The number of imidazole rings is 1. The van der Waals surface area contributed by atoms with E-state index in [9.17, 15) is 4.79 Å². The molecule has 3 aliphatic rings. The maximum Gasteiger partial charge on any atom is 0.410 e. The maximum absolute atomic E-state index is 12.8. The molecule has 1 aromatic heterocycles. The van der Waals surface area contributed by atoms with Crippen molar-refractivity contribution in [1.29, 1.82) is 0 Å². The van der Waals surface area contributed by atoms with E-state index >= 15 is 0 Å². The summed E-state index contributed by atoms with van der Waals surface area (Å²) < 4.78 is 5.66. The minimum absolute atomic E-state index is 0.0133. The predicted molar refractivity (Wildman–Crippen MR) is 165 cm³/mol. The van der Waals surface area contributed by atoms with Crippen LogP contribution in [0.5, 0.6) is 0 Å². The Kier molecular flexibility index (Phi) is 6.42. The third-order valence-electron chi connectivity index (χ3n) is 8.46. The van der Waals surface area contributed by atoms with Gasteiger partial charge < -0.3 is 15.0 Å². The molecule has 3 aromatic carbocycles. The summed E-state index contributed by atoms with van der Waals surface area (Å²) in [5.41, 5.74) is 7.39. The van der Waals surface area contributed by atoms with E-state index in [1.165, 1.54) is 39.5 Å². The number of hydrogen-bond acceptors (Lipinski definition) is 5. The molecule has 0 saturated carbocycles. The number of carbonyl (C=O) groups is 1.